The van der Waals surface area contributed by atoms with E-state index >= 15 is 0 Å². The lowest BCUT2D eigenvalue weighted by atomic mass is 9.93. The van der Waals surface area contributed by atoms with Crippen molar-refractivity contribution >= 4 is 33.5 Å². The van der Waals surface area contributed by atoms with Crippen molar-refractivity contribution in [3.8, 4) is 0 Å². The average Bonchev–Trinajstić information content (AvgIpc) is 3.02. The topological polar surface area (TPSA) is 88.9 Å². The number of sulfonamides is 1. The van der Waals surface area contributed by atoms with E-state index in [1.807, 2.05) is 42.5 Å². The van der Waals surface area contributed by atoms with Crippen molar-refractivity contribution in [1.82, 2.24) is 14.8 Å². The first kappa shape index (κ1) is 17.8. The molecule has 7 nitrogen and oxygen atoms in total. The van der Waals surface area contributed by atoms with Crippen molar-refractivity contribution in [2.75, 3.05) is 16.3 Å². The van der Waals surface area contributed by atoms with E-state index in [2.05, 4.69) is 32.3 Å². The van der Waals surface area contributed by atoms with E-state index in [1.165, 1.54) is 0 Å². The summed E-state index contributed by atoms with van der Waals surface area (Å²) in [5.74, 6) is 0.564. The molecule has 1 aliphatic heterocycles. The second-order valence-corrected chi connectivity index (χ2v) is 8.67. The molecule has 27 heavy (non-hydrogen) atoms. The van der Waals surface area contributed by atoms with Crippen LogP contribution in [0.2, 0.25) is 5.02 Å². The second-order valence-electron chi connectivity index (χ2n) is 6.49. The molecule has 140 valence electrons. The zero-order valence-electron chi connectivity index (χ0n) is 14.5. The molecule has 1 aliphatic rings. The van der Waals surface area contributed by atoms with Gasteiger partial charge in [-0.05, 0) is 29.7 Å². The maximum absolute atomic E-state index is 11.6. The number of anilines is 2. The Bertz CT molecular complexity index is 1050. The number of nitrogens with zero attached hydrogens (tertiary/aromatic N) is 3. The highest BCUT2D eigenvalue weighted by atomic mass is 35.5. The van der Waals surface area contributed by atoms with Crippen LogP contribution < -0.4 is 10.0 Å². The van der Waals surface area contributed by atoms with Crippen LogP contribution in [-0.2, 0) is 10.0 Å². The minimum absolute atomic E-state index is 0.0228. The Hall–Kier alpha value is -2.58. The summed E-state index contributed by atoms with van der Waals surface area (Å²) in [5, 5.41) is 8.38. The Balaban J connectivity index is 1.76. The van der Waals surface area contributed by atoms with E-state index in [0.29, 0.717) is 11.0 Å². The first-order chi connectivity index (χ1) is 12.9. The van der Waals surface area contributed by atoms with Crippen LogP contribution in [0.5, 0.6) is 0 Å². The van der Waals surface area contributed by atoms with E-state index in [9.17, 15) is 8.42 Å². The highest BCUT2D eigenvalue weighted by molar-refractivity contribution is 7.91. The van der Waals surface area contributed by atoms with Crippen LogP contribution >= 0.6 is 11.6 Å². The van der Waals surface area contributed by atoms with E-state index in [0.717, 1.165) is 23.8 Å². The van der Waals surface area contributed by atoms with E-state index in [1.54, 1.807) is 4.68 Å². The molecule has 0 bridgehead atoms. The van der Waals surface area contributed by atoms with Crippen molar-refractivity contribution in [3.05, 3.63) is 70.7 Å². The molecular weight excluding hydrogens is 386 g/mol. The van der Waals surface area contributed by atoms with Gasteiger partial charge in [-0.2, -0.15) is 4.98 Å². The van der Waals surface area contributed by atoms with Gasteiger partial charge in [-0.25, -0.2) is 13.1 Å². The molecule has 2 aromatic carbocycles. The summed E-state index contributed by atoms with van der Waals surface area (Å²) in [5.41, 5.74) is 2.15. The lowest BCUT2D eigenvalue weighted by Crippen LogP contribution is -2.28. The predicted octanol–water partition coefficient (Wildman–Crippen LogP) is 3.45. The zero-order valence-corrected chi connectivity index (χ0v) is 16.1. The van der Waals surface area contributed by atoms with E-state index < -0.39 is 10.0 Å². The van der Waals surface area contributed by atoms with Crippen LogP contribution in [0, 0.1) is 0 Å². The third-order valence-electron chi connectivity index (χ3n) is 4.42. The van der Waals surface area contributed by atoms with Crippen LogP contribution in [0.15, 0.2) is 54.6 Å². The third-order valence-corrected chi connectivity index (χ3v) is 5.23. The molecule has 0 saturated heterocycles. The molecule has 0 amide bonds. The van der Waals surface area contributed by atoms with Crippen molar-refractivity contribution < 1.29 is 8.42 Å². The van der Waals surface area contributed by atoms with Crippen LogP contribution in [0.3, 0.4) is 0 Å². The number of nitrogens with one attached hydrogen (secondary N) is 2. The zero-order chi connectivity index (χ0) is 19.0. The molecule has 0 aliphatic carbocycles. The average molecular weight is 404 g/mol. The maximum atomic E-state index is 11.6. The number of halogens is 1. The Kier molecular flexibility index (Phi) is 4.53. The fourth-order valence-corrected chi connectivity index (χ4v) is 3.80. The fraction of sp³-hybridized carbons (Fsp3) is 0.222. The standard InChI is InChI=1S/C18H18ClN5O2S/c1-27(25,26)23-17-21-18-20-15(12-5-3-2-4-6-12)11-16(24(18)22-17)13-7-9-14(19)10-8-13/h2-10,15-16H,11H2,1H3,(H2,20,21,22,23)/t15-,16+/m0/s1. The maximum Gasteiger partial charge on any atom is 0.257 e. The predicted molar refractivity (Wildman–Crippen MR) is 106 cm³/mol. The number of benzene rings is 2. The molecule has 0 spiro atoms. The van der Waals surface area contributed by atoms with Crippen LogP contribution in [0.4, 0.5) is 11.9 Å². The first-order valence-electron chi connectivity index (χ1n) is 8.40. The molecule has 0 unspecified atom stereocenters. The monoisotopic (exact) mass is 403 g/mol. The molecule has 9 heteroatoms. The summed E-state index contributed by atoms with van der Waals surface area (Å²) in [4.78, 5) is 4.33. The number of hydrogen-bond donors (Lipinski definition) is 2. The van der Waals surface area contributed by atoms with Gasteiger partial charge >= 0.3 is 0 Å². The number of aromatic nitrogens is 3. The second kappa shape index (κ2) is 6.86. The lowest BCUT2D eigenvalue weighted by Gasteiger charge is -2.31. The van der Waals surface area contributed by atoms with Gasteiger partial charge in [0.15, 0.2) is 0 Å². The SMILES string of the molecule is CS(=O)(=O)Nc1nc2n(n1)[C@@H](c1ccc(Cl)cc1)C[C@@H](c1ccccc1)N2. The first-order valence-corrected chi connectivity index (χ1v) is 10.7. The minimum atomic E-state index is -3.46. The molecule has 4 rings (SSSR count). The highest BCUT2D eigenvalue weighted by Crippen LogP contribution is 2.38. The molecule has 3 aromatic rings. The van der Waals surface area contributed by atoms with Crippen molar-refractivity contribution in [2.45, 2.75) is 18.5 Å². The number of hydrogen-bond acceptors (Lipinski definition) is 5. The Morgan fingerprint density at radius 3 is 2.48 bits per heavy atom. The van der Waals surface area contributed by atoms with Gasteiger partial charge in [-0.3, -0.25) is 4.72 Å². The number of rotatable bonds is 4. The molecule has 0 fully saturated rings. The highest BCUT2D eigenvalue weighted by Gasteiger charge is 2.31. The summed E-state index contributed by atoms with van der Waals surface area (Å²) in [7, 11) is -3.46. The Morgan fingerprint density at radius 2 is 1.81 bits per heavy atom. The molecule has 2 N–H and O–H groups in total. The van der Waals surface area contributed by atoms with Gasteiger partial charge in [0.2, 0.25) is 16.0 Å². The van der Waals surface area contributed by atoms with Crippen LogP contribution in [-0.4, -0.2) is 29.4 Å². The summed E-state index contributed by atoms with van der Waals surface area (Å²) in [6, 6.07) is 17.6. The van der Waals surface area contributed by atoms with Crippen molar-refractivity contribution in [2.24, 2.45) is 0 Å². The van der Waals surface area contributed by atoms with Gasteiger partial charge < -0.3 is 5.32 Å². The van der Waals surface area contributed by atoms with Crippen molar-refractivity contribution in [1.29, 1.82) is 0 Å². The summed E-state index contributed by atoms with van der Waals surface area (Å²) in [6.07, 6.45) is 1.81. The summed E-state index contributed by atoms with van der Waals surface area (Å²) < 4.78 is 27.2. The van der Waals surface area contributed by atoms with Gasteiger partial charge in [0.1, 0.15) is 0 Å². The van der Waals surface area contributed by atoms with Crippen molar-refractivity contribution in [3.63, 3.8) is 0 Å². The Morgan fingerprint density at radius 1 is 1.11 bits per heavy atom. The largest absolute Gasteiger partial charge is 0.347 e. The Labute approximate surface area is 162 Å². The molecular formula is C18H18ClN5O2S. The molecule has 0 radical (unpaired) electrons. The molecule has 0 saturated carbocycles. The van der Waals surface area contributed by atoms with Gasteiger partial charge in [0.25, 0.3) is 5.95 Å². The normalized spacial score (nSPS) is 19.2. The van der Waals surface area contributed by atoms with Gasteiger partial charge in [0.05, 0.1) is 18.3 Å². The quantitative estimate of drug-likeness (QED) is 0.696. The minimum Gasteiger partial charge on any atom is -0.347 e. The molecule has 2 heterocycles. The van der Waals surface area contributed by atoms with Crippen LogP contribution in [0.25, 0.3) is 0 Å². The van der Waals surface area contributed by atoms with E-state index in [-0.39, 0.29) is 18.0 Å². The molecule has 2 atom stereocenters. The van der Waals surface area contributed by atoms with Crippen LogP contribution in [0.1, 0.15) is 29.6 Å². The lowest BCUT2D eigenvalue weighted by molar-refractivity contribution is 0.431. The fourth-order valence-electron chi connectivity index (χ4n) is 3.25. The third kappa shape index (κ3) is 3.91. The summed E-state index contributed by atoms with van der Waals surface area (Å²) in [6.45, 7) is 0. The summed E-state index contributed by atoms with van der Waals surface area (Å²) >= 11 is 6.03. The van der Waals surface area contributed by atoms with Gasteiger partial charge in [-0.15, -0.1) is 5.10 Å². The number of fused-ring (bicyclic) bond motifs is 1. The smallest absolute Gasteiger partial charge is 0.257 e. The molecule has 1 aromatic heterocycles. The van der Waals surface area contributed by atoms with E-state index in [4.69, 9.17) is 11.6 Å². The van der Waals surface area contributed by atoms with Gasteiger partial charge in [-0.1, -0.05) is 54.1 Å². The van der Waals surface area contributed by atoms with Gasteiger partial charge in [0, 0.05) is 5.02 Å².